The van der Waals surface area contributed by atoms with Gasteiger partial charge in [-0.05, 0) is 42.2 Å². The monoisotopic (exact) mass is 330 g/mol. The van der Waals surface area contributed by atoms with Gasteiger partial charge in [0, 0.05) is 5.41 Å². The molecule has 2 nitrogen and oxygen atoms in total. The Bertz CT molecular complexity index is 649. The van der Waals surface area contributed by atoms with Crippen LogP contribution in [0.3, 0.4) is 0 Å². The Hall–Kier alpha value is -0.803. The minimum absolute atomic E-state index is 0.00842. The Labute approximate surface area is 144 Å². The molecule has 0 amide bonds. The van der Waals surface area contributed by atoms with Gasteiger partial charge in [-0.3, -0.25) is 0 Å². The molecule has 0 spiro atoms. The maximum atomic E-state index is 6.70. The van der Waals surface area contributed by atoms with E-state index in [0.717, 1.165) is 6.42 Å². The molecule has 1 saturated carbocycles. The fourth-order valence-corrected chi connectivity index (χ4v) is 6.16. The summed E-state index contributed by atoms with van der Waals surface area (Å²) in [5.74, 6) is 6.70. The van der Waals surface area contributed by atoms with E-state index in [1.54, 1.807) is 5.19 Å². The first-order valence-corrected chi connectivity index (χ1v) is 11.9. The van der Waals surface area contributed by atoms with E-state index in [0.29, 0.717) is 5.41 Å². The summed E-state index contributed by atoms with van der Waals surface area (Å²) in [6.07, 6.45) is 2.32. The molecular weight excluding hydrogens is 296 g/mol. The van der Waals surface area contributed by atoms with Crippen molar-refractivity contribution in [3.05, 3.63) is 23.8 Å². The summed E-state index contributed by atoms with van der Waals surface area (Å²) >= 11 is 0. The van der Waals surface area contributed by atoms with Crippen LogP contribution >= 0.6 is 0 Å². The van der Waals surface area contributed by atoms with E-state index in [4.69, 9.17) is 5.84 Å². The predicted octanol–water partition coefficient (Wildman–Crippen LogP) is 3.94. The van der Waals surface area contributed by atoms with Gasteiger partial charge in [-0.15, -0.1) is 0 Å². The van der Waals surface area contributed by atoms with Gasteiger partial charge in [0.2, 0.25) is 0 Å². The third kappa shape index (κ3) is 2.02. The molecule has 128 valence electrons. The molecule has 0 saturated heterocycles. The number of nitrogens with two attached hydrogens (primary N) is 1. The average Bonchev–Trinajstić information content (AvgIpc) is 2.56. The Morgan fingerprint density at radius 1 is 0.957 bits per heavy atom. The van der Waals surface area contributed by atoms with Crippen molar-refractivity contribution < 1.29 is 0 Å². The maximum Gasteiger partial charge on any atom is 0.0647 e. The van der Waals surface area contributed by atoms with Crippen molar-refractivity contribution in [3.8, 4) is 0 Å². The first-order valence-electron chi connectivity index (χ1n) is 9.05. The van der Waals surface area contributed by atoms with Crippen LogP contribution in [-0.2, 0) is 5.41 Å². The molecule has 1 aromatic carbocycles. The van der Waals surface area contributed by atoms with Crippen molar-refractivity contribution in [2.24, 2.45) is 16.7 Å². The number of nitrogens with zero attached hydrogens (tertiary/aromatic N) is 1. The lowest BCUT2D eigenvalue weighted by molar-refractivity contribution is -0.0342. The van der Waals surface area contributed by atoms with Crippen molar-refractivity contribution in [2.45, 2.75) is 78.4 Å². The molecule has 2 aliphatic rings. The van der Waals surface area contributed by atoms with Crippen molar-refractivity contribution in [2.75, 3.05) is 5.01 Å². The number of fused-ring (bicyclic) bond motifs is 3. The van der Waals surface area contributed by atoms with E-state index in [1.165, 1.54) is 17.7 Å². The normalized spacial score (nSPS) is 34.4. The topological polar surface area (TPSA) is 29.3 Å². The van der Waals surface area contributed by atoms with Crippen molar-refractivity contribution >= 4 is 19.7 Å². The molecule has 1 fully saturated rings. The molecule has 2 atom stereocenters. The standard InChI is InChI=1S/C20H34N2Si/c1-17(2)12-19(5)15-11-14(23(7)8)9-10-16(15)22(21)20(19,6)13-18(17,3)4/h9-11,23H,12-13,21H2,1-8H3. The number of anilines is 1. The smallest absolute Gasteiger partial charge is 0.0647 e. The quantitative estimate of drug-likeness (QED) is 0.624. The summed E-state index contributed by atoms with van der Waals surface area (Å²) in [5, 5.41) is 3.66. The number of rotatable bonds is 1. The average molecular weight is 331 g/mol. The van der Waals surface area contributed by atoms with E-state index in [1.807, 2.05) is 0 Å². The molecule has 0 bridgehead atoms. The largest absolute Gasteiger partial charge is 0.304 e. The van der Waals surface area contributed by atoms with Crippen molar-refractivity contribution in [1.82, 2.24) is 0 Å². The van der Waals surface area contributed by atoms with Crippen LogP contribution in [0.5, 0.6) is 0 Å². The van der Waals surface area contributed by atoms with Gasteiger partial charge < -0.3 is 5.01 Å². The second kappa shape index (κ2) is 4.63. The minimum Gasteiger partial charge on any atom is -0.304 e. The van der Waals surface area contributed by atoms with Gasteiger partial charge in [0.1, 0.15) is 0 Å². The van der Waals surface area contributed by atoms with Crippen LogP contribution in [0.4, 0.5) is 5.69 Å². The maximum absolute atomic E-state index is 6.70. The van der Waals surface area contributed by atoms with Gasteiger partial charge in [-0.25, -0.2) is 5.84 Å². The first kappa shape index (κ1) is 17.0. The number of hydrogen-bond donors (Lipinski definition) is 1. The Morgan fingerprint density at radius 3 is 2.09 bits per heavy atom. The number of hydrogen-bond acceptors (Lipinski definition) is 2. The highest BCUT2D eigenvalue weighted by Crippen LogP contribution is 2.65. The predicted molar refractivity (Wildman–Crippen MR) is 104 cm³/mol. The summed E-state index contributed by atoms with van der Waals surface area (Å²) in [5.41, 5.74) is 3.43. The van der Waals surface area contributed by atoms with Gasteiger partial charge in [0.05, 0.1) is 20.0 Å². The van der Waals surface area contributed by atoms with Gasteiger partial charge in [-0.2, -0.15) is 0 Å². The third-order valence-corrected chi connectivity index (χ3v) is 9.37. The minimum atomic E-state index is -0.805. The van der Waals surface area contributed by atoms with E-state index >= 15 is 0 Å². The zero-order valence-corrected chi connectivity index (χ0v) is 17.4. The highest BCUT2D eigenvalue weighted by atomic mass is 28.3. The van der Waals surface area contributed by atoms with Crippen LogP contribution in [0.1, 0.15) is 59.9 Å². The van der Waals surface area contributed by atoms with E-state index in [9.17, 15) is 0 Å². The molecule has 3 heteroatoms. The first-order chi connectivity index (χ1) is 10.4. The Morgan fingerprint density at radius 2 is 1.52 bits per heavy atom. The highest BCUT2D eigenvalue weighted by Gasteiger charge is 2.64. The van der Waals surface area contributed by atoms with Crippen LogP contribution in [0.25, 0.3) is 0 Å². The summed E-state index contributed by atoms with van der Waals surface area (Å²) < 4.78 is 0. The van der Waals surface area contributed by atoms with Crippen LogP contribution in [0.2, 0.25) is 13.1 Å². The molecule has 1 heterocycles. The fraction of sp³-hybridized carbons (Fsp3) is 0.700. The molecule has 0 aromatic heterocycles. The van der Waals surface area contributed by atoms with Crippen molar-refractivity contribution in [1.29, 1.82) is 0 Å². The summed E-state index contributed by atoms with van der Waals surface area (Å²) in [6, 6.07) is 7.09. The lowest BCUT2D eigenvalue weighted by Gasteiger charge is -2.60. The third-order valence-electron chi connectivity index (χ3n) is 7.68. The molecule has 0 radical (unpaired) electrons. The SMILES string of the molecule is C[SiH](C)c1ccc2c(c1)C1(C)CC(C)(C)C(C)(C)CC1(C)N2N. The summed E-state index contributed by atoms with van der Waals surface area (Å²) in [7, 11) is -0.805. The van der Waals surface area contributed by atoms with Gasteiger partial charge in [0.25, 0.3) is 0 Å². The summed E-state index contributed by atoms with van der Waals surface area (Å²) in [4.78, 5) is 0. The second-order valence-corrected chi connectivity index (χ2v) is 13.0. The molecule has 1 aliphatic heterocycles. The zero-order chi connectivity index (χ0) is 17.4. The van der Waals surface area contributed by atoms with E-state index < -0.39 is 8.80 Å². The van der Waals surface area contributed by atoms with Crippen LogP contribution in [0, 0.1) is 10.8 Å². The Balaban J connectivity index is 2.21. The molecule has 3 rings (SSSR count). The van der Waals surface area contributed by atoms with Gasteiger partial charge >= 0.3 is 0 Å². The molecule has 1 aromatic rings. The molecule has 2 unspecified atom stereocenters. The van der Waals surface area contributed by atoms with Crippen LogP contribution < -0.4 is 16.0 Å². The Kier molecular flexibility index (Phi) is 3.43. The van der Waals surface area contributed by atoms with Crippen LogP contribution in [-0.4, -0.2) is 14.3 Å². The highest BCUT2D eigenvalue weighted by molar-refractivity contribution is 6.70. The summed E-state index contributed by atoms with van der Waals surface area (Å²) in [6.45, 7) is 19.4. The number of benzene rings is 1. The second-order valence-electron chi connectivity index (χ2n) is 10.0. The zero-order valence-electron chi connectivity index (χ0n) is 16.2. The molecular formula is C20H34N2Si. The van der Waals surface area contributed by atoms with E-state index in [2.05, 4.69) is 77.8 Å². The lowest BCUT2D eigenvalue weighted by atomic mass is 9.46. The lowest BCUT2D eigenvalue weighted by Crippen LogP contribution is -2.65. The molecule has 23 heavy (non-hydrogen) atoms. The van der Waals surface area contributed by atoms with Crippen LogP contribution in [0.15, 0.2) is 18.2 Å². The number of hydrazine groups is 1. The van der Waals surface area contributed by atoms with Gasteiger partial charge in [-0.1, -0.05) is 65.0 Å². The van der Waals surface area contributed by atoms with Crippen molar-refractivity contribution in [3.63, 3.8) is 0 Å². The molecule has 1 aliphatic carbocycles. The fourth-order valence-electron chi connectivity index (χ4n) is 5.18. The van der Waals surface area contributed by atoms with Gasteiger partial charge in [0.15, 0.2) is 0 Å². The molecule has 2 N–H and O–H groups in total. The van der Waals surface area contributed by atoms with E-state index in [-0.39, 0.29) is 16.4 Å².